The first-order valence-corrected chi connectivity index (χ1v) is 8.92. The molecule has 0 bridgehead atoms. The van der Waals surface area contributed by atoms with Crippen LogP contribution in [0.5, 0.6) is 5.75 Å². The Morgan fingerprint density at radius 1 is 1.22 bits per heavy atom. The van der Waals surface area contributed by atoms with Crippen LogP contribution in [-0.2, 0) is 0 Å². The molecule has 1 aliphatic heterocycles. The van der Waals surface area contributed by atoms with E-state index in [4.69, 9.17) is 4.74 Å². The Hall–Kier alpha value is -0.000000000000000111. The lowest BCUT2D eigenvalue weighted by Crippen LogP contribution is -2.45. The van der Waals surface area contributed by atoms with Crippen LogP contribution in [0, 0.1) is 0 Å². The van der Waals surface area contributed by atoms with E-state index < -0.39 is 0 Å². The van der Waals surface area contributed by atoms with Gasteiger partial charge in [0.2, 0.25) is 0 Å². The summed E-state index contributed by atoms with van der Waals surface area (Å²) in [5.41, 5.74) is 1.33. The van der Waals surface area contributed by atoms with E-state index in [2.05, 4.69) is 58.2 Å². The molecule has 0 unspecified atom stereocenters. The molecule has 0 aromatic heterocycles. The van der Waals surface area contributed by atoms with Crippen LogP contribution in [-0.4, -0.2) is 37.7 Å². The van der Waals surface area contributed by atoms with Gasteiger partial charge in [-0.25, -0.2) is 0 Å². The number of nitrogens with zero attached hydrogens (tertiary/aromatic N) is 1. The fourth-order valence-electron chi connectivity index (χ4n) is 2.99. The summed E-state index contributed by atoms with van der Waals surface area (Å²) >= 11 is 3.62. The van der Waals surface area contributed by atoms with Gasteiger partial charge in [-0.2, -0.15) is 0 Å². The zero-order chi connectivity index (χ0) is 15.1. The number of ether oxygens (including phenoxy) is 1. The Bertz CT molecular complexity index is 443. The first-order chi connectivity index (χ1) is 10.3. The van der Waals surface area contributed by atoms with Gasteiger partial charge in [0.15, 0.2) is 0 Å². The van der Waals surface area contributed by atoms with Crippen LogP contribution in [0.1, 0.15) is 44.7 Å². The number of halogens is 3. The van der Waals surface area contributed by atoms with Gasteiger partial charge in [0.05, 0.1) is 6.61 Å². The summed E-state index contributed by atoms with van der Waals surface area (Å²) in [6.45, 7) is 9.44. The Labute approximate surface area is 161 Å². The Kier molecular flexibility index (Phi) is 12.4. The topological polar surface area (TPSA) is 24.5 Å². The van der Waals surface area contributed by atoms with Crippen molar-refractivity contribution >= 4 is 40.7 Å². The summed E-state index contributed by atoms with van der Waals surface area (Å²) in [6, 6.07) is 6.88. The molecule has 0 spiro atoms. The molecule has 1 atom stereocenters. The molecule has 2 rings (SSSR count). The van der Waals surface area contributed by atoms with Crippen molar-refractivity contribution in [1.29, 1.82) is 0 Å². The molecule has 1 aromatic carbocycles. The van der Waals surface area contributed by atoms with Gasteiger partial charge in [-0.1, -0.05) is 35.7 Å². The highest BCUT2D eigenvalue weighted by atomic mass is 79.9. The third-order valence-corrected chi connectivity index (χ3v) is 4.55. The van der Waals surface area contributed by atoms with Crippen LogP contribution >= 0.6 is 40.7 Å². The Balaban J connectivity index is 0.00000242. The molecule has 1 aromatic rings. The molecule has 0 amide bonds. The van der Waals surface area contributed by atoms with E-state index in [-0.39, 0.29) is 24.8 Å². The van der Waals surface area contributed by atoms with Gasteiger partial charge >= 0.3 is 0 Å². The summed E-state index contributed by atoms with van der Waals surface area (Å²) in [5, 5.41) is 3.45. The van der Waals surface area contributed by atoms with E-state index >= 15 is 0 Å². The highest BCUT2D eigenvalue weighted by molar-refractivity contribution is 9.10. The van der Waals surface area contributed by atoms with Gasteiger partial charge < -0.3 is 10.1 Å². The number of hydrogen-bond acceptors (Lipinski definition) is 3. The second-order valence-corrected chi connectivity index (χ2v) is 6.47. The van der Waals surface area contributed by atoms with E-state index in [0.717, 1.165) is 43.0 Å². The molecule has 0 saturated carbocycles. The Morgan fingerprint density at radius 3 is 2.52 bits per heavy atom. The first kappa shape index (κ1) is 23.0. The maximum absolute atomic E-state index is 5.88. The summed E-state index contributed by atoms with van der Waals surface area (Å²) < 4.78 is 7.02. The Morgan fingerprint density at radius 2 is 1.91 bits per heavy atom. The molecule has 6 heteroatoms. The zero-order valence-corrected chi connectivity index (χ0v) is 17.2. The quantitative estimate of drug-likeness (QED) is 0.674. The zero-order valence-electron chi connectivity index (χ0n) is 14.0. The molecule has 0 aliphatic carbocycles. The predicted molar refractivity (Wildman–Crippen MR) is 107 cm³/mol. The molecular formula is C17H29BrCl2N2O. The molecule has 3 nitrogen and oxygen atoms in total. The molecule has 23 heavy (non-hydrogen) atoms. The van der Waals surface area contributed by atoms with E-state index in [0.29, 0.717) is 6.04 Å². The standard InChI is InChI=1S/C17H27BrN2O.2ClH/c1-3-5-6-16(20-11-9-19-10-12-20)15-13-14(18)7-8-17(15)21-4-2;;/h7-8,13,16,19H,3-6,9-12H2,1-2H3;2*1H/t16-;;/m1../s1. The predicted octanol–water partition coefficient (Wildman–Crippen LogP) is 4.83. The fourth-order valence-corrected chi connectivity index (χ4v) is 3.37. The minimum Gasteiger partial charge on any atom is -0.494 e. The molecular weight excluding hydrogens is 399 g/mol. The highest BCUT2D eigenvalue weighted by Gasteiger charge is 2.24. The summed E-state index contributed by atoms with van der Waals surface area (Å²) in [5.74, 6) is 1.04. The van der Waals surface area contributed by atoms with Crippen molar-refractivity contribution in [3.8, 4) is 5.75 Å². The number of rotatable bonds is 7. The third-order valence-electron chi connectivity index (χ3n) is 4.05. The van der Waals surface area contributed by atoms with Gasteiger partial charge in [0.25, 0.3) is 0 Å². The van der Waals surface area contributed by atoms with Crippen molar-refractivity contribution in [2.45, 2.75) is 39.2 Å². The normalized spacial score (nSPS) is 16.1. The minimum atomic E-state index is 0. The highest BCUT2D eigenvalue weighted by Crippen LogP contribution is 2.35. The van der Waals surface area contributed by atoms with Crippen LogP contribution < -0.4 is 10.1 Å². The molecule has 0 radical (unpaired) electrons. The first-order valence-electron chi connectivity index (χ1n) is 8.13. The van der Waals surface area contributed by atoms with Crippen LogP contribution in [0.25, 0.3) is 0 Å². The number of hydrogen-bond donors (Lipinski definition) is 1. The number of piperazine rings is 1. The summed E-state index contributed by atoms with van der Waals surface area (Å²) in [6.07, 6.45) is 3.69. The van der Waals surface area contributed by atoms with Crippen molar-refractivity contribution in [3.05, 3.63) is 28.2 Å². The van der Waals surface area contributed by atoms with Crippen LogP contribution in [0.4, 0.5) is 0 Å². The average molecular weight is 428 g/mol. The van der Waals surface area contributed by atoms with Crippen molar-refractivity contribution < 1.29 is 4.74 Å². The summed E-state index contributed by atoms with van der Waals surface area (Å²) in [7, 11) is 0. The van der Waals surface area contributed by atoms with Gasteiger partial charge in [-0.3, -0.25) is 4.90 Å². The summed E-state index contributed by atoms with van der Waals surface area (Å²) in [4.78, 5) is 2.61. The van der Waals surface area contributed by atoms with E-state index in [1.165, 1.54) is 24.8 Å². The van der Waals surface area contributed by atoms with Crippen LogP contribution in [0.2, 0.25) is 0 Å². The molecule has 1 saturated heterocycles. The monoisotopic (exact) mass is 426 g/mol. The number of unbranched alkanes of at least 4 members (excludes halogenated alkanes) is 1. The SMILES string of the molecule is CCCC[C@H](c1cc(Br)ccc1OCC)N1CCNCC1.Cl.Cl. The van der Waals surface area contributed by atoms with Gasteiger partial charge in [-0.15, -0.1) is 24.8 Å². The lowest BCUT2D eigenvalue weighted by Gasteiger charge is -2.36. The lowest BCUT2D eigenvalue weighted by molar-refractivity contribution is 0.159. The second-order valence-electron chi connectivity index (χ2n) is 5.56. The van der Waals surface area contributed by atoms with Gasteiger partial charge in [0, 0.05) is 42.3 Å². The largest absolute Gasteiger partial charge is 0.494 e. The van der Waals surface area contributed by atoms with Crippen molar-refractivity contribution in [1.82, 2.24) is 10.2 Å². The maximum atomic E-state index is 5.88. The number of benzene rings is 1. The van der Waals surface area contributed by atoms with E-state index in [1.807, 2.05) is 0 Å². The van der Waals surface area contributed by atoms with Crippen molar-refractivity contribution in [2.75, 3.05) is 32.8 Å². The fraction of sp³-hybridized carbons (Fsp3) is 0.647. The molecule has 1 fully saturated rings. The second kappa shape index (κ2) is 12.4. The third kappa shape index (κ3) is 6.79. The molecule has 1 heterocycles. The molecule has 134 valence electrons. The van der Waals surface area contributed by atoms with Crippen molar-refractivity contribution in [3.63, 3.8) is 0 Å². The van der Waals surface area contributed by atoms with Crippen molar-refractivity contribution in [2.24, 2.45) is 0 Å². The smallest absolute Gasteiger partial charge is 0.124 e. The molecule has 1 aliphatic rings. The van der Waals surface area contributed by atoms with Crippen LogP contribution in [0.15, 0.2) is 22.7 Å². The maximum Gasteiger partial charge on any atom is 0.124 e. The molecule has 1 N–H and O–H groups in total. The average Bonchev–Trinajstić information content (AvgIpc) is 2.51. The van der Waals surface area contributed by atoms with E-state index in [9.17, 15) is 0 Å². The van der Waals surface area contributed by atoms with E-state index in [1.54, 1.807) is 0 Å². The van der Waals surface area contributed by atoms with Crippen LogP contribution in [0.3, 0.4) is 0 Å². The number of nitrogens with one attached hydrogen (secondary N) is 1. The van der Waals surface area contributed by atoms with Gasteiger partial charge in [0.1, 0.15) is 5.75 Å². The minimum absolute atomic E-state index is 0. The lowest BCUT2D eigenvalue weighted by atomic mass is 9.98. The van der Waals surface area contributed by atoms with Gasteiger partial charge in [-0.05, 0) is 31.5 Å².